The van der Waals surface area contributed by atoms with Crippen molar-refractivity contribution >= 4 is 33.4 Å². The largest absolute Gasteiger partial charge is 0.378 e. The van der Waals surface area contributed by atoms with Gasteiger partial charge < -0.3 is 14.5 Å². The minimum Gasteiger partial charge on any atom is -0.378 e. The summed E-state index contributed by atoms with van der Waals surface area (Å²) in [5.74, 6) is 0.0530. The summed E-state index contributed by atoms with van der Waals surface area (Å²) in [6.07, 6.45) is 4.81. The normalized spacial score (nSPS) is 21.1. The highest BCUT2D eigenvalue weighted by Gasteiger charge is 2.26. The topological polar surface area (TPSA) is 62.7 Å². The summed E-state index contributed by atoms with van der Waals surface area (Å²) in [6.45, 7) is 3.68. The fourth-order valence-corrected chi connectivity index (χ4v) is 4.67. The van der Waals surface area contributed by atoms with Crippen LogP contribution in [-0.4, -0.2) is 66.0 Å². The van der Waals surface area contributed by atoms with Crippen molar-refractivity contribution in [3.63, 3.8) is 0 Å². The Balaban J connectivity index is 1.39. The van der Waals surface area contributed by atoms with Crippen molar-refractivity contribution in [2.75, 3.05) is 39.4 Å². The van der Waals surface area contributed by atoms with Gasteiger partial charge in [-0.3, -0.25) is 9.59 Å². The number of aromatic nitrogens is 1. The van der Waals surface area contributed by atoms with Crippen LogP contribution in [0.1, 0.15) is 23.8 Å². The molecular weight excluding hydrogens is 362 g/mol. The van der Waals surface area contributed by atoms with E-state index >= 15 is 0 Å². The molecule has 6 nitrogen and oxygen atoms in total. The first-order valence-corrected chi connectivity index (χ1v) is 10.2. The van der Waals surface area contributed by atoms with Crippen LogP contribution in [0.15, 0.2) is 36.4 Å². The van der Waals surface area contributed by atoms with Gasteiger partial charge in [0.2, 0.25) is 11.8 Å². The van der Waals surface area contributed by atoms with Crippen LogP contribution in [0.5, 0.6) is 0 Å². The number of carbonyl (C=O) groups is 2. The molecule has 4 rings (SSSR count). The number of amides is 2. The Morgan fingerprint density at radius 2 is 1.81 bits per heavy atom. The Morgan fingerprint density at radius 3 is 2.59 bits per heavy atom. The molecule has 1 unspecified atom stereocenters. The number of ether oxygens (including phenoxy) is 1. The van der Waals surface area contributed by atoms with Crippen LogP contribution < -0.4 is 0 Å². The van der Waals surface area contributed by atoms with Crippen molar-refractivity contribution in [2.24, 2.45) is 0 Å². The maximum Gasteiger partial charge on any atom is 0.246 e. The van der Waals surface area contributed by atoms with E-state index in [1.165, 1.54) is 16.9 Å². The summed E-state index contributed by atoms with van der Waals surface area (Å²) < 4.78 is 6.44. The maximum atomic E-state index is 12.6. The molecular formula is C20H23N3O3S. The predicted molar refractivity (Wildman–Crippen MR) is 105 cm³/mol. The van der Waals surface area contributed by atoms with Crippen molar-refractivity contribution in [2.45, 2.75) is 18.8 Å². The van der Waals surface area contributed by atoms with Gasteiger partial charge in [-0.1, -0.05) is 12.1 Å². The molecule has 2 saturated heterocycles. The monoisotopic (exact) mass is 385 g/mol. The predicted octanol–water partition coefficient (Wildman–Crippen LogP) is 2.42. The Bertz CT molecular complexity index is 824. The lowest BCUT2D eigenvalue weighted by molar-refractivity contribution is -0.131. The number of hydrogen-bond acceptors (Lipinski definition) is 5. The molecule has 3 heterocycles. The first-order valence-electron chi connectivity index (χ1n) is 9.40. The van der Waals surface area contributed by atoms with E-state index in [1.54, 1.807) is 16.2 Å². The highest BCUT2D eigenvalue weighted by molar-refractivity contribution is 7.18. The zero-order valence-corrected chi connectivity index (χ0v) is 16.0. The molecule has 0 radical (unpaired) electrons. The van der Waals surface area contributed by atoms with Crippen LogP contribution in [-0.2, 0) is 14.3 Å². The van der Waals surface area contributed by atoms with E-state index in [1.807, 2.05) is 23.1 Å². The molecule has 142 valence electrons. The number of morpholine rings is 1. The van der Waals surface area contributed by atoms with Crippen LogP contribution >= 0.6 is 11.3 Å². The minimum absolute atomic E-state index is 0.0950. The number of fused-ring (bicyclic) bond motifs is 1. The van der Waals surface area contributed by atoms with E-state index in [0.29, 0.717) is 32.8 Å². The fraction of sp³-hybridized carbons (Fsp3) is 0.450. The molecule has 0 spiro atoms. The second kappa shape index (κ2) is 8.19. The highest BCUT2D eigenvalue weighted by Crippen LogP contribution is 2.32. The van der Waals surface area contributed by atoms with Gasteiger partial charge in [-0.2, -0.15) is 0 Å². The van der Waals surface area contributed by atoms with E-state index < -0.39 is 0 Å². The summed E-state index contributed by atoms with van der Waals surface area (Å²) in [5.41, 5.74) is 1.02. The van der Waals surface area contributed by atoms with Crippen LogP contribution in [0.25, 0.3) is 10.2 Å². The molecule has 1 atom stereocenters. The molecule has 1 aromatic heterocycles. The zero-order valence-electron chi connectivity index (χ0n) is 15.2. The van der Waals surface area contributed by atoms with Gasteiger partial charge in [-0.05, 0) is 25.0 Å². The van der Waals surface area contributed by atoms with Gasteiger partial charge >= 0.3 is 0 Å². The third kappa shape index (κ3) is 4.20. The number of hydrogen-bond donors (Lipinski definition) is 0. The molecule has 2 amide bonds. The molecule has 0 N–H and O–H groups in total. The summed E-state index contributed by atoms with van der Waals surface area (Å²) in [6, 6.07) is 8.14. The summed E-state index contributed by atoms with van der Waals surface area (Å²) in [4.78, 5) is 33.0. The third-order valence-electron chi connectivity index (χ3n) is 5.08. The molecule has 2 fully saturated rings. The van der Waals surface area contributed by atoms with Gasteiger partial charge in [0.05, 0.1) is 28.4 Å². The molecule has 2 aliphatic rings. The third-order valence-corrected chi connectivity index (χ3v) is 6.28. The van der Waals surface area contributed by atoms with Gasteiger partial charge in [0.15, 0.2) is 0 Å². The number of thiazole rings is 1. The number of para-hydroxylation sites is 1. The van der Waals surface area contributed by atoms with Crippen molar-refractivity contribution < 1.29 is 14.3 Å². The fourth-order valence-electron chi connectivity index (χ4n) is 3.58. The molecule has 7 heteroatoms. The summed E-state index contributed by atoms with van der Waals surface area (Å²) in [5, 5.41) is 1.10. The van der Waals surface area contributed by atoms with Crippen LogP contribution in [0.2, 0.25) is 0 Å². The summed E-state index contributed by atoms with van der Waals surface area (Å²) >= 11 is 1.71. The molecule has 0 saturated carbocycles. The maximum absolute atomic E-state index is 12.6. The number of piperidine rings is 1. The van der Waals surface area contributed by atoms with Gasteiger partial charge in [0, 0.05) is 44.2 Å². The number of rotatable bonds is 3. The van der Waals surface area contributed by atoms with Crippen molar-refractivity contribution in [1.29, 1.82) is 0 Å². The lowest BCUT2D eigenvalue weighted by atomic mass is 9.98. The van der Waals surface area contributed by atoms with E-state index in [0.717, 1.165) is 29.9 Å². The number of benzene rings is 1. The Morgan fingerprint density at radius 1 is 1.07 bits per heavy atom. The smallest absolute Gasteiger partial charge is 0.246 e. The first kappa shape index (κ1) is 18.1. The molecule has 2 aromatic rings. The molecule has 27 heavy (non-hydrogen) atoms. The van der Waals surface area contributed by atoms with E-state index in [2.05, 4.69) is 6.07 Å². The lowest BCUT2D eigenvalue weighted by Gasteiger charge is -2.31. The van der Waals surface area contributed by atoms with E-state index in [9.17, 15) is 9.59 Å². The van der Waals surface area contributed by atoms with Crippen LogP contribution in [0.3, 0.4) is 0 Å². The van der Waals surface area contributed by atoms with Gasteiger partial charge in [-0.25, -0.2) is 4.98 Å². The van der Waals surface area contributed by atoms with Crippen LogP contribution in [0, 0.1) is 0 Å². The average molecular weight is 385 g/mol. The lowest BCUT2D eigenvalue weighted by Crippen LogP contribution is -2.40. The molecule has 0 aliphatic carbocycles. The number of nitrogens with zero attached hydrogens (tertiary/aromatic N) is 3. The zero-order chi connectivity index (χ0) is 18.6. The van der Waals surface area contributed by atoms with Gasteiger partial charge in [-0.15, -0.1) is 11.3 Å². The number of likely N-dealkylation sites (tertiary alicyclic amines) is 1. The molecule has 0 bridgehead atoms. The second-order valence-corrected chi connectivity index (χ2v) is 7.98. The van der Waals surface area contributed by atoms with Crippen molar-refractivity contribution in [3.05, 3.63) is 41.4 Å². The Hall–Kier alpha value is -2.25. The first-order chi connectivity index (χ1) is 13.2. The van der Waals surface area contributed by atoms with Gasteiger partial charge in [0.25, 0.3) is 0 Å². The summed E-state index contributed by atoms with van der Waals surface area (Å²) in [7, 11) is 0. The highest BCUT2D eigenvalue weighted by atomic mass is 32.1. The minimum atomic E-state index is -0.119. The SMILES string of the molecule is O=C(C=CC(=O)N1CCCC(c2nc3ccccc3s2)C1)N1CCOCC1. The second-order valence-electron chi connectivity index (χ2n) is 6.91. The molecule has 1 aromatic carbocycles. The van der Waals surface area contributed by atoms with Crippen molar-refractivity contribution in [3.8, 4) is 0 Å². The average Bonchev–Trinajstić information content (AvgIpc) is 3.17. The Kier molecular flexibility index (Phi) is 5.50. The van der Waals surface area contributed by atoms with E-state index in [-0.39, 0.29) is 17.7 Å². The van der Waals surface area contributed by atoms with Gasteiger partial charge in [0.1, 0.15) is 0 Å². The van der Waals surface area contributed by atoms with Crippen molar-refractivity contribution in [1.82, 2.24) is 14.8 Å². The molecule has 2 aliphatic heterocycles. The van der Waals surface area contributed by atoms with E-state index in [4.69, 9.17) is 9.72 Å². The van der Waals surface area contributed by atoms with Crippen LogP contribution in [0.4, 0.5) is 0 Å². The Labute approximate surface area is 162 Å². The quantitative estimate of drug-likeness (QED) is 0.762. The standard InChI is InChI=1S/C20H23N3O3S/c24-18(22-10-12-26-13-11-22)7-8-19(25)23-9-3-4-15(14-23)20-21-16-5-1-2-6-17(16)27-20/h1-2,5-8,15H,3-4,9-14H2. The number of carbonyl (C=O) groups excluding carboxylic acids is 2.